The number of hydrogen-bond acceptors (Lipinski definition) is 4. The molecule has 0 spiro atoms. The second kappa shape index (κ2) is 3.25. The molecule has 0 saturated heterocycles. The summed E-state index contributed by atoms with van der Waals surface area (Å²) in [5.41, 5.74) is 0.606. The van der Waals surface area contributed by atoms with Gasteiger partial charge in [-0.05, 0) is 22.7 Å². The minimum Gasteiger partial charge on any atom is -0.490 e. The van der Waals surface area contributed by atoms with Gasteiger partial charge in [-0.25, -0.2) is 0 Å². The number of nitrogens with zero attached hydrogens (tertiary/aromatic N) is 2. The molecule has 5 heteroatoms. The maximum Gasteiger partial charge on any atom is 0.367 e. The van der Waals surface area contributed by atoms with E-state index in [1.165, 1.54) is 6.07 Å². The molecule has 0 radical (unpaired) electrons. The molecular formula is C9H10N2O3. The van der Waals surface area contributed by atoms with Gasteiger partial charge in [0, 0.05) is 13.0 Å². The van der Waals surface area contributed by atoms with Gasteiger partial charge in [-0.1, -0.05) is 0 Å². The molecule has 74 valence electrons. The fraction of sp³-hybridized carbons (Fsp3) is 0.444. The van der Waals surface area contributed by atoms with Crippen molar-refractivity contribution in [2.24, 2.45) is 0 Å². The topological polar surface area (TPSA) is 65.3 Å². The van der Waals surface area contributed by atoms with E-state index in [-0.39, 0.29) is 11.9 Å². The van der Waals surface area contributed by atoms with Crippen LogP contribution in [0.5, 0.6) is 5.75 Å². The van der Waals surface area contributed by atoms with Crippen LogP contribution in [0.3, 0.4) is 0 Å². The lowest BCUT2D eigenvalue weighted by atomic mass is 10.3. The second-order valence-electron chi connectivity index (χ2n) is 3.38. The van der Waals surface area contributed by atoms with Crippen molar-refractivity contribution in [3.63, 3.8) is 0 Å². The van der Waals surface area contributed by atoms with Gasteiger partial charge in [-0.2, -0.15) is 0 Å². The standard InChI is InChI=1S/C9H10N2O3/c1-6-4-8(14-7-2-3-7)5-9(10-6)11(12)13/h4-5,7H,2-3H2,1H3. The fourth-order valence-electron chi connectivity index (χ4n) is 1.16. The molecule has 0 unspecified atom stereocenters. The van der Waals surface area contributed by atoms with E-state index in [9.17, 15) is 10.1 Å². The third kappa shape index (κ3) is 1.99. The van der Waals surface area contributed by atoms with Gasteiger partial charge in [0.2, 0.25) is 0 Å². The van der Waals surface area contributed by atoms with Gasteiger partial charge in [0.15, 0.2) is 5.69 Å². The van der Waals surface area contributed by atoms with Crippen LogP contribution >= 0.6 is 0 Å². The zero-order valence-electron chi connectivity index (χ0n) is 7.77. The third-order valence-electron chi connectivity index (χ3n) is 1.93. The Morgan fingerprint density at radius 2 is 2.29 bits per heavy atom. The van der Waals surface area contributed by atoms with E-state index in [0.717, 1.165) is 12.8 Å². The van der Waals surface area contributed by atoms with Crippen molar-refractivity contribution < 1.29 is 9.66 Å². The first kappa shape index (κ1) is 8.93. The summed E-state index contributed by atoms with van der Waals surface area (Å²) in [7, 11) is 0. The highest BCUT2D eigenvalue weighted by Crippen LogP contribution is 2.28. The molecule has 0 bridgehead atoms. The van der Waals surface area contributed by atoms with Crippen molar-refractivity contribution in [2.75, 3.05) is 0 Å². The minimum atomic E-state index is -0.507. The number of nitro groups is 1. The van der Waals surface area contributed by atoms with Gasteiger partial charge in [-0.15, -0.1) is 0 Å². The van der Waals surface area contributed by atoms with Gasteiger partial charge >= 0.3 is 5.82 Å². The highest BCUT2D eigenvalue weighted by Gasteiger charge is 2.24. The molecule has 14 heavy (non-hydrogen) atoms. The van der Waals surface area contributed by atoms with Gasteiger partial charge in [0.1, 0.15) is 5.75 Å². The molecule has 0 aromatic carbocycles. The highest BCUT2D eigenvalue weighted by molar-refractivity contribution is 5.34. The van der Waals surface area contributed by atoms with Crippen molar-refractivity contribution in [1.29, 1.82) is 0 Å². The quantitative estimate of drug-likeness (QED) is 0.544. The number of pyridine rings is 1. The van der Waals surface area contributed by atoms with Gasteiger partial charge in [0.05, 0.1) is 12.2 Å². The monoisotopic (exact) mass is 194 g/mol. The van der Waals surface area contributed by atoms with Gasteiger partial charge in [-0.3, -0.25) is 0 Å². The largest absolute Gasteiger partial charge is 0.490 e. The molecule has 1 aliphatic rings. The predicted octanol–water partition coefficient (Wildman–Crippen LogP) is 1.84. The Kier molecular flexibility index (Phi) is 2.07. The second-order valence-corrected chi connectivity index (χ2v) is 3.38. The highest BCUT2D eigenvalue weighted by atomic mass is 16.6. The van der Waals surface area contributed by atoms with Gasteiger partial charge < -0.3 is 14.9 Å². The van der Waals surface area contributed by atoms with Crippen LogP contribution in [0, 0.1) is 17.0 Å². The first-order chi connectivity index (χ1) is 6.65. The summed E-state index contributed by atoms with van der Waals surface area (Å²) in [6.45, 7) is 1.72. The molecule has 0 atom stereocenters. The fourth-order valence-corrected chi connectivity index (χ4v) is 1.16. The average molecular weight is 194 g/mol. The summed E-state index contributed by atoms with van der Waals surface area (Å²) in [5, 5.41) is 10.5. The summed E-state index contributed by atoms with van der Waals surface area (Å²) in [6, 6.07) is 3.08. The van der Waals surface area contributed by atoms with Gasteiger partial charge in [0.25, 0.3) is 0 Å². The smallest absolute Gasteiger partial charge is 0.367 e. The van der Waals surface area contributed by atoms with Crippen molar-refractivity contribution in [3.05, 3.63) is 27.9 Å². The lowest BCUT2D eigenvalue weighted by molar-refractivity contribution is -0.389. The Morgan fingerprint density at radius 1 is 1.57 bits per heavy atom. The van der Waals surface area contributed by atoms with Crippen molar-refractivity contribution in [1.82, 2.24) is 4.98 Å². The molecule has 0 N–H and O–H groups in total. The number of aromatic nitrogens is 1. The van der Waals surface area contributed by atoms with E-state index in [1.54, 1.807) is 13.0 Å². The van der Waals surface area contributed by atoms with Crippen molar-refractivity contribution in [2.45, 2.75) is 25.9 Å². The zero-order valence-corrected chi connectivity index (χ0v) is 7.77. The van der Waals surface area contributed by atoms with E-state index in [2.05, 4.69) is 4.98 Å². The van der Waals surface area contributed by atoms with E-state index in [1.807, 2.05) is 0 Å². The Labute approximate surface area is 80.9 Å². The van der Waals surface area contributed by atoms with Crippen molar-refractivity contribution >= 4 is 5.82 Å². The normalized spacial score (nSPS) is 15.2. The number of rotatable bonds is 3. The third-order valence-corrected chi connectivity index (χ3v) is 1.93. The number of hydrogen-bond donors (Lipinski definition) is 0. The van der Waals surface area contributed by atoms with E-state index >= 15 is 0 Å². The molecule has 1 heterocycles. The molecule has 1 aromatic heterocycles. The maximum atomic E-state index is 10.5. The first-order valence-corrected chi connectivity index (χ1v) is 4.45. The summed E-state index contributed by atoms with van der Waals surface area (Å²) >= 11 is 0. The predicted molar refractivity (Wildman–Crippen MR) is 49.3 cm³/mol. The van der Waals surface area contributed by atoms with Crippen LogP contribution in [0.4, 0.5) is 5.82 Å². The summed E-state index contributed by atoms with van der Waals surface area (Å²) in [5.74, 6) is 0.396. The lowest BCUT2D eigenvalue weighted by Crippen LogP contribution is -1.99. The van der Waals surface area contributed by atoms with E-state index < -0.39 is 4.92 Å². The molecule has 2 rings (SSSR count). The SMILES string of the molecule is Cc1cc(OC2CC2)cc([N+](=O)[O-])n1. The molecular weight excluding hydrogens is 184 g/mol. The van der Waals surface area contributed by atoms with Crippen LogP contribution in [0.2, 0.25) is 0 Å². The molecule has 0 amide bonds. The molecule has 1 aliphatic carbocycles. The van der Waals surface area contributed by atoms with E-state index in [0.29, 0.717) is 11.4 Å². The Balaban J connectivity index is 2.25. The summed E-state index contributed by atoms with van der Waals surface area (Å²) in [6.07, 6.45) is 2.32. The summed E-state index contributed by atoms with van der Waals surface area (Å²) in [4.78, 5) is 13.8. The number of aryl methyl sites for hydroxylation is 1. The van der Waals surface area contributed by atoms with Crippen LogP contribution in [-0.2, 0) is 0 Å². The number of ether oxygens (including phenoxy) is 1. The van der Waals surface area contributed by atoms with Crippen LogP contribution in [0.1, 0.15) is 18.5 Å². The molecule has 1 fully saturated rings. The maximum absolute atomic E-state index is 10.5. The molecule has 5 nitrogen and oxygen atoms in total. The molecule has 1 aromatic rings. The van der Waals surface area contributed by atoms with Crippen molar-refractivity contribution in [3.8, 4) is 5.75 Å². The lowest BCUT2D eigenvalue weighted by Gasteiger charge is -2.03. The van der Waals surface area contributed by atoms with E-state index in [4.69, 9.17) is 4.74 Å². The minimum absolute atomic E-state index is 0.152. The van der Waals surface area contributed by atoms with Crippen LogP contribution in [0.15, 0.2) is 12.1 Å². The van der Waals surface area contributed by atoms with Crippen LogP contribution in [0.25, 0.3) is 0 Å². The Bertz CT molecular complexity index is 374. The average Bonchev–Trinajstić information content (AvgIpc) is 2.87. The molecule has 1 saturated carbocycles. The molecule has 0 aliphatic heterocycles. The summed E-state index contributed by atoms with van der Waals surface area (Å²) < 4.78 is 5.45. The zero-order chi connectivity index (χ0) is 10.1. The first-order valence-electron chi connectivity index (χ1n) is 4.45. The van der Waals surface area contributed by atoms with Crippen LogP contribution < -0.4 is 4.74 Å². The van der Waals surface area contributed by atoms with Crippen LogP contribution in [-0.4, -0.2) is 16.0 Å². The Hall–Kier alpha value is -1.65. The Morgan fingerprint density at radius 3 is 2.86 bits per heavy atom.